The normalized spacial score (nSPS) is 22.3. The second kappa shape index (κ2) is 9.58. The van der Waals surface area contributed by atoms with Gasteiger partial charge in [0.1, 0.15) is 11.9 Å². The fraction of sp³-hybridized carbons (Fsp3) is 0.650. The molecule has 0 radical (unpaired) electrons. The van der Waals surface area contributed by atoms with Crippen molar-refractivity contribution in [3.8, 4) is 0 Å². The molecule has 0 N–H and O–H groups in total. The van der Waals surface area contributed by atoms with Gasteiger partial charge in [0.05, 0.1) is 6.61 Å². The first kappa shape index (κ1) is 19.5. The molecule has 7 heteroatoms. The van der Waals surface area contributed by atoms with Crippen LogP contribution in [0.2, 0.25) is 0 Å². The van der Waals surface area contributed by atoms with Crippen molar-refractivity contribution < 1.29 is 19.1 Å². The van der Waals surface area contributed by atoms with Crippen molar-refractivity contribution in [2.45, 2.75) is 51.6 Å². The van der Waals surface area contributed by atoms with Crippen LogP contribution in [-0.4, -0.2) is 54.4 Å². The fourth-order valence-electron chi connectivity index (χ4n) is 3.70. The zero-order valence-electron chi connectivity index (χ0n) is 16.0. The fourth-order valence-corrected chi connectivity index (χ4v) is 3.70. The van der Waals surface area contributed by atoms with Crippen LogP contribution in [0.3, 0.4) is 0 Å². The van der Waals surface area contributed by atoms with Gasteiger partial charge in [-0.3, -0.25) is 4.90 Å². The van der Waals surface area contributed by atoms with Gasteiger partial charge in [0, 0.05) is 25.8 Å². The molecule has 148 valence electrons. The number of anilines is 1. The second-order valence-corrected chi connectivity index (χ2v) is 7.23. The topological polar surface area (TPSA) is 72.0 Å². The van der Waals surface area contributed by atoms with Crippen LogP contribution in [-0.2, 0) is 9.47 Å². The minimum Gasteiger partial charge on any atom is -0.449 e. The van der Waals surface area contributed by atoms with Crippen LogP contribution in [0, 0.1) is 5.92 Å². The number of carbonyl (C=O) groups excluding carboxylic acids is 2. The van der Waals surface area contributed by atoms with Crippen molar-refractivity contribution in [3.63, 3.8) is 0 Å². The average Bonchev–Trinajstić information content (AvgIpc) is 3.23. The Labute approximate surface area is 160 Å². The summed E-state index contributed by atoms with van der Waals surface area (Å²) in [5.41, 5.74) is 0. The van der Waals surface area contributed by atoms with E-state index < -0.39 is 0 Å². The van der Waals surface area contributed by atoms with E-state index in [1.54, 1.807) is 22.1 Å². The molecule has 1 aromatic heterocycles. The maximum atomic E-state index is 12.5. The third-order valence-corrected chi connectivity index (χ3v) is 5.33. The lowest BCUT2D eigenvalue weighted by Crippen LogP contribution is -2.36. The van der Waals surface area contributed by atoms with Crippen LogP contribution in [0.4, 0.5) is 15.4 Å². The van der Waals surface area contributed by atoms with Crippen molar-refractivity contribution >= 4 is 18.0 Å². The van der Waals surface area contributed by atoms with Crippen LogP contribution in [0.15, 0.2) is 24.4 Å². The summed E-state index contributed by atoms with van der Waals surface area (Å²) in [7, 11) is 0. The lowest BCUT2D eigenvalue weighted by atomic mass is 9.88. The van der Waals surface area contributed by atoms with Crippen molar-refractivity contribution in [2.75, 3.05) is 31.1 Å². The molecular formula is C20H29N3O4. The van der Waals surface area contributed by atoms with E-state index in [4.69, 9.17) is 9.47 Å². The van der Waals surface area contributed by atoms with Gasteiger partial charge >= 0.3 is 12.2 Å². The largest absolute Gasteiger partial charge is 0.449 e. The lowest BCUT2D eigenvalue weighted by molar-refractivity contribution is 0.0473. The highest BCUT2D eigenvalue weighted by Crippen LogP contribution is 2.27. The van der Waals surface area contributed by atoms with E-state index >= 15 is 0 Å². The summed E-state index contributed by atoms with van der Waals surface area (Å²) in [5, 5.41) is 0. The van der Waals surface area contributed by atoms with Gasteiger partial charge in [-0.15, -0.1) is 0 Å². The summed E-state index contributed by atoms with van der Waals surface area (Å²) in [6.07, 6.45) is 6.60. The van der Waals surface area contributed by atoms with Crippen LogP contribution in [0.1, 0.15) is 45.4 Å². The van der Waals surface area contributed by atoms with Gasteiger partial charge in [0.15, 0.2) is 0 Å². The van der Waals surface area contributed by atoms with Crippen molar-refractivity contribution in [1.82, 2.24) is 9.88 Å². The Bertz CT molecular complexity index is 611. The van der Waals surface area contributed by atoms with Crippen molar-refractivity contribution in [2.24, 2.45) is 5.92 Å². The molecule has 1 aliphatic carbocycles. The first-order valence-electron chi connectivity index (χ1n) is 9.98. The summed E-state index contributed by atoms with van der Waals surface area (Å²) >= 11 is 0. The van der Waals surface area contributed by atoms with Crippen LogP contribution < -0.4 is 4.90 Å². The lowest BCUT2D eigenvalue weighted by Gasteiger charge is -2.30. The van der Waals surface area contributed by atoms with Gasteiger partial charge in [-0.1, -0.05) is 6.07 Å². The highest BCUT2D eigenvalue weighted by atomic mass is 16.6. The number of aromatic nitrogens is 1. The van der Waals surface area contributed by atoms with Gasteiger partial charge in [0.25, 0.3) is 0 Å². The minimum atomic E-state index is -0.347. The minimum absolute atomic E-state index is 0.0826. The van der Waals surface area contributed by atoms with E-state index in [1.165, 1.54) is 0 Å². The highest BCUT2D eigenvalue weighted by Gasteiger charge is 2.28. The number of rotatable bonds is 5. The highest BCUT2D eigenvalue weighted by molar-refractivity contribution is 5.86. The van der Waals surface area contributed by atoms with E-state index in [0.717, 1.165) is 51.6 Å². The van der Waals surface area contributed by atoms with Gasteiger partial charge in [-0.05, 0) is 63.5 Å². The van der Waals surface area contributed by atoms with Crippen molar-refractivity contribution in [1.29, 1.82) is 0 Å². The van der Waals surface area contributed by atoms with Crippen LogP contribution in [0.25, 0.3) is 0 Å². The third kappa shape index (κ3) is 5.34. The number of hydrogen-bond acceptors (Lipinski definition) is 5. The maximum Gasteiger partial charge on any atom is 0.415 e. The van der Waals surface area contributed by atoms with Gasteiger partial charge < -0.3 is 14.4 Å². The summed E-state index contributed by atoms with van der Waals surface area (Å²) in [4.78, 5) is 32.0. The zero-order chi connectivity index (χ0) is 19.1. The molecule has 0 aromatic carbocycles. The number of hydrogen-bond donors (Lipinski definition) is 0. The Morgan fingerprint density at radius 1 is 1.19 bits per heavy atom. The quantitative estimate of drug-likeness (QED) is 0.782. The van der Waals surface area contributed by atoms with E-state index in [9.17, 15) is 9.59 Å². The number of nitrogens with zero attached hydrogens (tertiary/aromatic N) is 3. The molecule has 2 aliphatic rings. The predicted molar refractivity (Wildman–Crippen MR) is 102 cm³/mol. The van der Waals surface area contributed by atoms with E-state index in [2.05, 4.69) is 4.98 Å². The third-order valence-electron chi connectivity index (χ3n) is 5.33. The first-order chi connectivity index (χ1) is 13.2. The molecule has 1 aliphatic heterocycles. The van der Waals surface area contributed by atoms with Gasteiger partial charge in [0.2, 0.25) is 0 Å². The molecule has 2 amide bonds. The van der Waals surface area contributed by atoms with E-state index in [-0.39, 0.29) is 18.3 Å². The molecule has 2 fully saturated rings. The second-order valence-electron chi connectivity index (χ2n) is 7.23. The Kier molecular flexibility index (Phi) is 6.90. The summed E-state index contributed by atoms with van der Waals surface area (Å²) in [5.74, 6) is 0.956. The Balaban J connectivity index is 1.39. The van der Waals surface area contributed by atoms with E-state index in [1.807, 2.05) is 19.1 Å². The maximum absolute atomic E-state index is 12.5. The molecule has 27 heavy (non-hydrogen) atoms. The predicted octanol–water partition coefficient (Wildman–Crippen LogP) is 3.84. The Morgan fingerprint density at radius 3 is 2.56 bits per heavy atom. The molecule has 7 nitrogen and oxygen atoms in total. The standard InChI is InChI=1S/C20H29N3O4/c1-2-23(18-7-3-4-12-21-18)20(25)27-17-10-8-16(9-11-17)15-26-19(24)22-13-5-6-14-22/h3-4,7,12,16-17H,2,5-6,8-11,13-15H2,1H3. The number of carbonyl (C=O) groups is 2. The monoisotopic (exact) mass is 375 g/mol. The molecule has 0 bridgehead atoms. The average molecular weight is 375 g/mol. The van der Waals surface area contributed by atoms with Crippen LogP contribution >= 0.6 is 0 Å². The molecule has 2 heterocycles. The Hall–Kier alpha value is -2.31. The smallest absolute Gasteiger partial charge is 0.415 e. The molecular weight excluding hydrogens is 346 g/mol. The molecule has 1 saturated carbocycles. The number of likely N-dealkylation sites (tertiary alicyclic amines) is 1. The van der Waals surface area contributed by atoms with Crippen molar-refractivity contribution in [3.05, 3.63) is 24.4 Å². The molecule has 1 aromatic rings. The zero-order valence-corrected chi connectivity index (χ0v) is 16.0. The number of amides is 2. The number of pyridine rings is 1. The summed E-state index contributed by atoms with van der Waals surface area (Å²) in [6, 6.07) is 5.48. The molecule has 0 atom stereocenters. The molecule has 3 rings (SSSR count). The molecule has 1 saturated heterocycles. The van der Waals surface area contributed by atoms with E-state index in [0.29, 0.717) is 24.9 Å². The number of ether oxygens (including phenoxy) is 2. The Morgan fingerprint density at radius 2 is 1.93 bits per heavy atom. The van der Waals surface area contributed by atoms with Gasteiger partial charge in [-0.2, -0.15) is 0 Å². The van der Waals surface area contributed by atoms with Gasteiger partial charge in [-0.25, -0.2) is 14.6 Å². The summed E-state index contributed by atoms with van der Waals surface area (Å²) in [6.45, 7) is 4.50. The molecule has 0 unspecified atom stereocenters. The summed E-state index contributed by atoms with van der Waals surface area (Å²) < 4.78 is 11.1. The SMILES string of the molecule is CCN(C(=O)OC1CCC(COC(=O)N2CCCC2)CC1)c1ccccn1. The first-order valence-corrected chi connectivity index (χ1v) is 9.98. The van der Waals surface area contributed by atoms with Crippen LogP contribution in [0.5, 0.6) is 0 Å². The molecule has 0 spiro atoms.